The van der Waals surface area contributed by atoms with Crippen LogP contribution in [0.25, 0.3) is 5.69 Å². The number of para-hydroxylation sites is 1. The highest BCUT2D eigenvalue weighted by atomic mass is 32.2. The molecule has 2 aromatic heterocycles. The van der Waals surface area contributed by atoms with Gasteiger partial charge in [0.25, 0.3) is 0 Å². The SMILES string of the molecule is CS(=O)(=O)c1cc([N+](=O)[O-])c(NCc2cnn(-c3ccccc3)c2)s1. The summed E-state index contributed by atoms with van der Waals surface area (Å²) in [7, 11) is -3.50. The molecule has 0 radical (unpaired) electrons. The van der Waals surface area contributed by atoms with Gasteiger partial charge in [-0.3, -0.25) is 10.1 Å². The summed E-state index contributed by atoms with van der Waals surface area (Å²) in [6.07, 6.45) is 4.48. The van der Waals surface area contributed by atoms with Gasteiger partial charge in [0.15, 0.2) is 14.8 Å². The smallest absolute Gasteiger partial charge is 0.304 e. The molecule has 0 amide bonds. The van der Waals surface area contributed by atoms with Crippen LogP contribution in [-0.2, 0) is 16.4 Å². The van der Waals surface area contributed by atoms with Gasteiger partial charge in [0.1, 0.15) is 4.21 Å². The lowest BCUT2D eigenvalue weighted by molar-refractivity contribution is -0.383. The van der Waals surface area contributed by atoms with Gasteiger partial charge in [-0.25, -0.2) is 13.1 Å². The molecule has 8 nitrogen and oxygen atoms in total. The van der Waals surface area contributed by atoms with Crippen LogP contribution in [0.2, 0.25) is 0 Å². The topological polar surface area (TPSA) is 107 Å². The second-order valence-corrected chi connectivity index (χ2v) is 8.59. The number of sulfone groups is 1. The molecule has 10 heteroatoms. The minimum atomic E-state index is -3.50. The molecule has 0 fully saturated rings. The number of benzene rings is 1. The zero-order chi connectivity index (χ0) is 18.0. The molecule has 130 valence electrons. The van der Waals surface area contributed by atoms with Crippen LogP contribution < -0.4 is 5.32 Å². The average Bonchev–Trinajstić information content (AvgIpc) is 3.20. The van der Waals surface area contributed by atoms with Crippen molar-refractivity contribution in [2.45, 2.75) is 10.8 Å². The van der Waals surface area contributed by atoms with Gasteiger partial charge in [0.05, 0.1) is 16.8 Å². The van der Waals surface area contributed by atoms with E-state index in [0.29, 0.717) is 0 Å². The molecule has 3 rings (SSSR count). The molecule has 0 aliphatic carbocycles. The first-order chi connectivity index (χ1) is 11.8. The van der Waals surface area contributed by atoms with Gasteiger partial charge >= 0.3 is 5.69 Å². The third kappa shape index (κ3) is 3.86. The molecule has 0 bridgehead atoms. The normalized spacial score (nSPS) is 11.4. The average molecular weight is 378 g/mol. The fraction of sp³-hybridized carbons (Fsp3) is 0.133. The maximum atomic E-state index is 11.6. The molecule has 25 heavy (non-hydrogen) atoms. The lowest BCUT2D eigenvalue weighted by Crippen LogP contribution is -1.99. The molecule has 2 heterocycles. The number of hydrogen-bond donors (Lipinski definition) is 1. The van der Waals surface area contributed by atoms with Gasteiger partial charge in [0, 0.05) is 30.6 Å². The standard InChI is InChI=1S/C15H14N4O4S2/c1-25(22,23)14-7-13(19(20)21)15(24-14)16-8-11-9-17-18(10-11)12-5-3-2-4-6-12/h2-7,9-10,16H,8H2,1H3. The van der Waals surface area contributed by atoms with E-state index in [4.69, 9.17) is 0 Å². The zero-order valence-electron chi connectivity index (χ0n) is 13.1. The van der Waals surface area contributed by atoms with Crippen LogP contribution in [0, 0.1) is 10.1 Å². The second-order valence-electron chi connectivity index (χ2n) is 5.29. The van der Waals surface area contributed by atoms with E-state index in [1.165, 1.54) is 0 Å². The molecular weight excluding hydrogens is 364 g/mol. The monoisotopic (exact) mass is 378 g/mol. The molecule has 1 N–H and O–H groups in total. The number of nitrogens with zero attached hydrogens (tertiary/aromatic N) is 3. The Balaban J connectivity index is 1.79. The Morgan fingerprint density at radius 1 is 1.32 bits per heavy atom. The van der Waals surface area contributed by atoms with Crippen molar-refractivity contribution in [1.82, 2.24) is 9.78 Å². The van der Waals surface area contributed by atoms with Crippen molar-refractivity contribution in [2.24, 2.45) is 0 Å². The maximum absolute atomic E-state index is 11.6. The van der Waals surface area contributed by atoms with Crippen molar-refractivity contribution in [1.29, 1.82) is 0 Å². The lowest BCUT2D eigenvalue weighted by Gasteiger charge is -2.01. The number of hydrogen-bond acceptors (Lipinski definition) is 7. The van der Waals surface area contributed by atoms with Gasteiger partial charge in [-0.2, -0.15) is 5.10 Å². The fourth-order valence-corrected chi connectivity index (χ4v) is 4.10. The van der Waals surface area contributed by atoms with E-state index in [2.05, 4.69) is 10.4 Å². The third-order valence-corrected chi connectivity index (χ3v) is 6.25. The van der Waals surface area contributed by atoms with Crippen molar-refractivity contribution in [3.8, 4) is 5.69 Å². The van der Waals surface area contributed by atoms with Crippen molar-refractivity contribution < 1.29 is 13.3 Å². The Kier molecular flexibility index (Phi) is 4.55. The number of nitro groups is 1. The van der Waals surface area contributed by atoms with Crippen molar-refractivity contribution in [3.05, 3.63) is 64.5 Å². The van der Waals surface area contributed by atoms with Gasteiger partial charge in [-0.15, -0.1) is 0 Å². The molecule has 1 aromatic carbocycles. The van der Waals surface area contributed by atoms with Crippen LogP contribution in [0.15, 0.2) is 53.0 Å². The molecule has 0 saturated heterocycles. The van der Waals surface area contributed by atoms with Crippen molar-refractivity contribution >= 4 is 31.9 Å². The Bertz CT molecular complexity index is 1010. The maximum Gasteiger partial charge on any atom is 0.304 e. The minimum absolute atomic E-state index is 0.0401. The van der Waals surface area contributed by atoms with Crippen molar-refractivity contribution in [3.63, 3.8) is 0 Å². The van der Waals surface area contributed by atoms with E-state index in [1.807, 2.05) is 30.3 Å². The van der Waals surface area contributed by atoms with E-state index in [-0.39, 0.29) is 21.4 Å². The molecule has 0 unspecified atom stereocenters. The quantitative estimate of drug-likeness (QED) is 0.522. The molecule has 0 aliphatic heterocycles. The molecule has 3 aromatic rings. The number of anilines is 1. The van der Waals surface area contributed by atoms with Crippen LogP contribution in [0.3, 0.4) is 0 Å². The summed E-state index contributed by atoms with van der Waals surface area (Å²) in [5.74, 6) is 0. The Morgan fingerprint density at radius 2 is 2.04 bits per heavy atom. The predicted octanol–water partition coefficient (Wildman–Crippen LogP) is 2.86. The summed E-state index contributed by atoms with van der Waals surface area (Å²) in [6.45, 7) is 0.289. The summed E-state index contributed by atoms with van der Waals surface area (Å²) in [6, 6.07) is 10.6. The van der Waals surface area contributed by atoms with E-state index in [9.17, 15) is 18.5 Å². The van der Waals surface area contributed by atoms with Crippen LogP contribution in [-0.4, -0.2) is 29.4 Å². The lowest BCUT2D eigenvalue weighted by atomic mass is 10.3. The third-order valence-electron chi connectivity index (χ3n) is 3.36. The summed E-state index contributed by atoms with van der Waals surface area (Å²) in [4.78, 5) is 10.5. The number of nitrogens with one attached hydrogen (secondary N) is 1. The molecular formula is C15H14N4O4S2. The zero-order valence-corrected chi connectivity index (χ0v) is 14.8. The van der Waals surface area contributed by atoms with E-state index < -0.39 is 14.8 Å². The predicted molar refractivity (Wildman–Crippen MR) is 95.0 cm³/mol. The highest BCUT2D eigenvalue weighted by Gasteiger charge is 2.23. The fourth-order valence-electron chi connectivity index (χ4n) is 2.16. The van der Waals surface area contributed by atoms with Crippen LogP contribution in [0.1, 0.15) is 5.56 Å². The van der Waals surface area contributed by atoms with Crippen molar-refractivity contribution in [2.75, 3.05) is 11.6 Å². The van der Waals surface area contributed by atoms with E-state index in [1.54, 1.807) is 17.1 Å². The van der Waals surface area contributed by atoms with E-state index >= 15 is 0 Å². The first-order valence-electron chi connectivity index (χ1n) is 7.16. The number of thiophene rings is 1. The van der Waals surface area contributed by atoms with Gasteiger partial charge in [0.2, 0.25) is 0 Å². The molecule has 0 spiro atoms. The number of rotatable bonds is 6. The molecule has 0 atom stereocenters. The number of aromatic nitrogens is 2. The molecule has 0 aliphatic rings. The Labute approximate surface area is 147 Å². The van der Waals surface area contributed by atoms with Gasteiger partial charge < -0.3 is 5.32 Å². The largest absolute Gasteiger partial charge is 0.367 e. The highest BCUT2D eigenvalue weighted by molar-refractivity contribution is 7.92. The summed E-state index contributed by atoms with van der Waals surface area (Å²) < 4.78 is 24.9. The van der Waals surface area contributed by atoms with Crippen LogP contribution >= 0.6 is 11.3 Å². The molecule has 0 saturated carbocycles. The van der Waals surface area contributed by atoms with Crippen LogP contribution in [0.4, 0.5) is 10.7 Å². The highest BCUT2D eigenvalue weighted by Crippen LogP contribution is 2.37. The summed E-state index contributed by atoms with van der Waals surface area (Å²) in [5.41, 5.74) is 1.46. The van der Waals surface area contributed by atoms with E-state index in [0.717, 1.165) is 34.9 Å². The first-order valence-corrected chi connectivity index (χ1v) is 9.86. The van der Waals surface area contributed by atoms with Crippen LogP contribution in [0.5, 0.6) is 0 Å². The first kappa shape index (κ1) is 17.1. The summed E-state index contributed by atoms with van der Waals surface area (Å²) in [5, 5.41) is 18.5. The van der Waals surface area contributed by atoms with Gasteiger partial charge in [-0.05, 0) is 12.1 Å². The Hall–Kier alpha value is -2.72. The Morgan fingerprint density at radius 3 is 2.68 bits per heavy atom. The minimum Gasteiger partial charge on any atom is -0.367 e. The summed E-state index contributed by atoms with van der Waals surface area (Å²) >= 11 is 0.849. The van der Waals surface area contributed by atoms with Gasteiger partial charge in [-0.1, -0.05) is 29.5 Å². The second kappa shape index (κ2) is 6.65.